The van der Waals surface area contributed by atoms with Gasteiger partial charge < -0.3 is 39.7 Å². The van der Waals surface area contributed by atoms with Crippen LogP contribution in [0, 0.1) is 0 Å². The molecule has 0 aliphatic rings. The number of carbonyl (C=O) groups is 6. The van der Waals surface area contributed by atoms with Gasteiger partial charge >= 0.3 is 35.8 Å². The molecular formula is C14H22N2O20P2-2. The van der Waals surface area contributed by atoms with Gasteiger partial charge in [0.2, 0.25) is 0 Å². The van der Waals surface area contributed by atoms with E-state index in [2.05, 4.69) is 39.6 Å². The zero-order chi connectivity index (χ0) is 30.5. The third-order valence-electron chi connectivity index (χ3n) is 3.80. The average molecular weight is 600 g/mol. The van der Waals surface area contributed by atoms with Gasteiger partial charge in [0.15, 0.2) is 11.2 Å². The number of carboxylic acids is 4. The van der Waals surface area contributed by atoms with Gasteiger partial charge in [0.1, 0.15) is 0 Å². The molecule has 22 nitrogen and oxygen atoms in total. The predicted octanol–water partition coefficient (Wildman–Crippen LogP) is -3.55. The van der Waals surface area contributed by atoms with Gasteiger partial charge in [0.25, 0.3) is 15.6 Å². The van der Waals surface area contributed by atoms with Crippen LogP contribution < -0.4 is 21.6 Å². The summed E-state index contributed by atoms with van der Waals surface area (Å²) in [5, 5.41) is 35.0. The summed E-state index contributed by atoms with van der Waals surface area (Å²) in [5.74, 6) is -1.14. The Morgan fingerprint density at radius 2 is 0.921 bits per heavy atom. The van der Waals surface area contributed by atoms with Gasteiger partial charge in [0, 0.05) is 0 Å². The number of esters is 2. The lowest BCUT2D eigenvalue weighted by molar-refractivity contribution is -0.241. The second-order valence-corrected chi connectivity index (χ2v) is 9.11. The van der Waals surface area contributed by atoms with E-state index in [1.807, 2.05) is 0 Å². The molecule has 4 unspecified atom stereocenters. The number of hydrogen-bond acceptors (Lipinski definition) is 18. The number of hydrogen-bond donors (Lipinski definition) is 6. The van der Waals surface area contributed by atoms with Gasteiger partial charge in [-0.3, -0.25) is 37.4 Å². The Morgan fingerprint density at radius 1 is 0.658 bits per heavy atom. The van der Waals surface area contributed by atoms with Crippen molar-refractivity contribution < 1.29 is 95.9 Å². The zero-order valence-electron chi connectivity index (χ0n) is 19.2. The number of carbonyl (C=O) groups excluding carboxylic acids is 2. The summed E-state index contributed by atoms with van der Waals surface area (Å²) in [5.41, 5.74) is -5.81. The molecule has 0 saturated heterocycles. The molecular weight excluding hydrogens is 578 g/mol. The second kappa shape index (κ2) is 15.4. The molecule has 0 amide bonds. The minimum Gasteiger partial charge on any atom is -0.755 e. The standard InChI is InChI=1S/2C7H12NO10P/c2*1-16-5(11)3-7(6(12)13,2-4(9)10)17-19(14,15)18-8/h2*2-3,8H2,1H3,(H,9,10)(H,12,13)(H,14,15)/p-2. The quantitative estimate of drug-likeness (QED) is 0.0567. The van der Waals surface area contributed by atoms with E-state index >= 15 is 0 Å². The minimum absolute atomic E-state index is 0.895. The summed E-state index contributed by atoms with van der Waals surface area (Å²) >= 11 is 0. The number of rotatable bonds is 16. The highest BCUT2D eigenvalue weighted by atomic mass is 31.2. The monoisotopic (exact) mass is 600 g/mol. The van der Waals surface area contributed by atoms with E-state index in [1.165, 1.54) is 0 Å². The third-order valence-corrected chi connectivity index (χ3v) is 5.46. The van der Waals surface area contributed by atoms with Crippen molar-refractivity contribution in [3.8, 4) is 0 Å². The largest absolute Gasteiger partial charge is 0.755 e. The van der Waals surface area contributed by atoms with Crippen LogP contribution in [0.25, 0.3) is 0 Å². The molecule has 0 aromatic rings. The Hall–Kier alpha value is -3.04. The molecule has 0 aliphatic heterocycles. The maximum absolute atomic E-state index is 11.1. The van der Waals surface area contributed by atoms with E-state index in [0.29, 0.717) is 0 Å². The van der Waals surface area contributed by atoms with Gasteiger partial charge in [-0.25, -0.2) is 30.6 Å². The first-order valence-corrected chi connectivity index (χ1v) is 11.9. The molecule has 0 spiro atoms. The highest BCUT2D eigenvalue weighted by Gasteiger charge is 2.48. The highest BCUT2D eigenvalue weighted by molar-refractivity contribution is 7.46. The first-order valence-electron chi connectivity index (χ1n) is 9.01. The van der Waals surface area contributed by atoms with Crippen molar-refractivity contribution in [3.05, 3.63) is 0 Å². The second-order valence-electron chi connectivity index (χ2n) is 6.53. The molecule has 0 aromatic heterocycles. The summed E-state index contributed by atoms with van der Waals surface area (Å²) in [6.45, 7) is 0. The maximum Gasteiger partial charge on any atom is 0.337 e. The van der Waals surface area contributed by atoms with Crippen LogP contribution in [-0.4, -0.2) is 81.7 Å². The molecule has 8 N–H and O–H groups in total. The van der Waals surface area contributed by atoms with E-state index in [-0.39, 0.29) is 0 Å². The van der Waals surface area contributed by atoms with E-state index in [0.717, 1.165) is 14.2 Å². The highest BCUT2D eigenvalue weighted by Crippen LogP contribution is 2.45. The van der Waals surface area contributed by atoms with Crippen molar-refractivity contribution >= 4 is 51.5 Å². The van der Waals surface area contributed by atoms with Crippen LogP contribution in [0.4, 0.5) is 0 Å². The van der Waals surface area contributed by atoms with Gasteiger partial charge in [-0.2, -0.15) is 0 Å². The summed E-state index contributed by atoms with van der Waals surface area (Å²) in [6.07, 6.45) is -4.98. The van der Waals surface area contributed by atoms with E-state index in [1.54, 1.807) is 0 Å². The molecule has 0 radical (unpaired) electrons. The Bertz CT molecular complexity index is 922. The average Bonchev–Trinajstić information content (AvgIpc) is 2.77. The summed E-state index contributed by atoms with van der Waals surface area (Å²) in [4.78, 5) is 87.5. The van der Waals surface area contributed by atoms with Crippen LogP contribution in [0.1, 0.15) is 25.7 Å². The van der Waals surface area contributed by atoms with Gasteiger partial charge in [-0.15, -0.1) is 0 Å². The molecule has 38 heavy (non-hydrogen) atoms. The van der Waals surface area contributed by atoms with Crippen LogP contribution in [0.3, 0.4) is 0 Å². The Balaban J connectivity index is 0. The Kier molecular flexibility index (Phi) is 15.0. The van der Waals surface area contributed by atoms with Gasteiger partial charge in [-0.05, 0) is 0 Å². The maximum atomic E-state index is 11.1. The lowest BCUT2D eigenvalue weighted by atomic mass is 9.96. The number of aliphatic carboxylic acids is 4. The first kappa shape index (κ1) is 37.1. The number of phosphoric acid groups is 2. The number of methoxy groups -OCH3 is 2. The predicted molar refractivity (Wildman–Crippen MR) is 106 cm³/mol. The molecule has 0 aliphatic carbocycles. The third kappa shape index (κ3) is 13.0. The van der Waals surface area contributed by atoms with Crippen LogP contribution in [0.15, 0.2) is 0 Å². The summed E-state index contributed by atoms with van der Waals surface area (Å²) in [6, 6.07) is 0. The van der Waals surface area contributed by atoms with E-state index in [4.69, 9.17) is 20.4 Å². The number of ether oxygens (including phenoxy) is 2. The lowest BCUT2D eigenvalue weighted by Gasteiger charge is -2.32. The van der Waals surface area contributed by atoms with Crippen molar-refractivity contribution in [2.75, 3.05) is 14.2 Å². The van der Waals surface area contributed by atoms with E-state index in [9.17, 15) is 47.7 Å². The van der Waals surface area contributed by atoms with Crippen LogP contribution in [0.2, 0.25) is 0 Å². The van der Waals surface area contributed by atoms with Gasteiger partial charge in [-0.1, -0.05) is 0 Å². The molecule has 0 heterocycles. The topological polar surface area (TPSA) is 371 Å². The fourth-order valence-corrected chi connectivity index (χ4v) is 3.56. The molecule has 0 fully saturated rings. The molecule has 0 bridgehead atoms. The fraction of sp³-hybridized carbons (Fsp3) is 0.571. The number of carboxylic acid groups (broad SMARTS) is 4. The van der Waals surface area contributed by atoms with Crippen molar-refractivity contribution in [1.82, 2.24) is 0 Å². The Morgan fingerprint density at radius 3 is 1.08 bits per heavy atom. The molecule has 220 valence electrons. The normalized spacial score (nSPS) is 17.0. The van der Waals surface area contributed by atoms with E-state index < -0.39 is 88.3 Å². The minimum atomic E-state index is -5.30. The van der Waals surface area contributed by atoms with Crippen LogP contribution >= 0.6 is 15.6 Å². The van der Waals surface area contributed by atoms with Crippen molar-refractivity contribution in [2.24, 2.45) is 11.8 Å². The molecule has 0 aromatic carbocycles. The summed E-state index contributed by atoms with van der Waals surface area (Å²) < 4.78 is 45.3. The fourth-order valence-electron chi connectivity index (χ4n) is 2.20. The van der Waals surface area contributed by atoms with Crippen molar-refractivity contribution in [3.63, 3.8) is 0 Å². The molecule has 0 saturated carbocycles. The van der Waals surface area contributed by atoms with Gasteiger partial charge in [0.05, 0.1) is 39.9 Å². The first-order chi connectivity index (χ1) is 17.2. The SMILES string of the molecule is COC(=O)CC(CC(=O)O)(OP(=O)([O-])ON)C(=O)O.COC(=O)CC(CC(=O)O)(OP(=O)([O-])ON)C(=O)O. The van der Waals surface area contributed by atoms with Crippen LogP contribution in [0.5, 0.6) is 0 Å². The number of phosphoric ester groups is 2. The Labute approximate surface area is 211 Å². The lowest BCUT2D eigenvalue weighted by Crippen LogP contribution is -2.46. The number of nitrogens with two attached hydrogens (primary N) is 2. The van der Waals surface area contributed by atoms with Crippen molar-refractivity contribution in [1.29, 1.82) is 0 Å². The molecule has 24 heteroatoms. The molecule has 4 atom stereocenters. The molecule has 0 rings (SSSR count). The zero-order valence-corrected chi connectivity index (χ0v) is 21.0. The summed E-state index contributed by atoms with van der Waals surface area (Å²) in [7, 11) is -8.80. The van der Waals surface area contributed by atoms with Crippen molar-refractivity contribution in [2.45, 2.75) is 36.9 Å². The van der Waals surface area contributed by atoms with Crippen LogP contribution in [-0.2, 0) is 65.7 Å². The smallest absolute Gasteiger partial charge is 0.337 e.